The van der Waals surface area contributed by atoms with Gasteiger partial charge >= 0.3 is 5.97 Å². The van der Waals surface area contributed by atoms with Crippen LogP contribution in [0.2, 0.25) is 0 Å². The van der Waals surface area contributed by atoms with Crippen LogP contribution >= 0.6 is 0 Å². The third kappa shape index (κ3) is 4.64. The minimum absolute atomic E-state index is 0.00567. The summed E-state index contributed by atoms with van der Waals surface area (Å²) < 4.78 is 0. The normalized spacial score (nSPS) is 13.6. The minimum atomic E-state index is -0.885. The number of carboxylic acids is 1. The number of rotatable bonds is 5. The maximum absolute atomic E-state index is 10.9. The number of nitrogens with zero attached hydrogens (tertiary/aromatic N) is 1. The van der Waals surface area contributed by atoms with Crippen LogP contribution in [0.25, 0.3) is 6.08 Å². The summed E-state index contributed by atoms with van der Waals surface area (Å²) in [6.07, 6.45) is 5.20. The van der Waals surface area contributed by atoms with Crippen LogP contribution in [0.5, 0.6) is 0 Å². The third-order valence-corrected chi connectivity index (χ3v) is 2.31. The van der Waals surface area contributed by atoms with Crippen LogP contribution in [0, 0.1) is 5.92 Å². The molecule has 0 saturated heterocycles. The molecule has 0 heterocycles. The summed E-state index contributed by atoms with van der Waals surface area (Å²) in [5.41, 5.74) is 1.07. The molecular weight excluding hydrogens is 214 g/mol. The number of hydrogen-bond acceptors (Lipinski definition) is 2. The van der Waals surface area contributed by atoms with Gasteiger partial charge in [-0.25, -0.2) is 4.79 Å². The Bertz CT molecular complexity index is 407. The molecule has 0 saturated carbocycles. The van der Waals surface area contributed by atoms with Crippen LogP contribution in [0.3, 0.4) is 0 Å². The highest BCUT2D eigenvalue weighted by atomic mass is 16.4. The summed E-state index contributed by atoms with van der Waals surface area (Å²) in [5, 5.41) is 8.92. The number of aliphatic imine (C=N–C) groups is 1. The van der Waals surface area contributed by atoms with Crippen molar-refractivity contribution in [1.29, 1.82) is 0 Å². The van der Waals surface area contributed by atoms with Crippen molar-refractivity contribution in [2.75, 3.05) is 0 Å². The Morgan fingerprint density at radius 3 is 2.47 bits per heavy atom. The molecule has 1 rings (SSSR count). The molecule has 0 aromatic heterocycles. The lowest BCUT2D eigenvalue weighted by Gasteiger charge is -2.09. The summed E-state index contributed by atoms with van der Waals surface area (Å²) >= 11 is 0. The number of carboxylic acid groups (broad SMARTS) is 1. The molecule has 1 atom stereocenters. The summed E-state index contributed by atoms with van der Waals surface area (Å²) in [7, 11) is 0. The fraction of sp³-hybridized carbons (Fsp3) is 0.286. The van der Waals surface area contributed by atoms with E-state index >= 15 is 0 Å². The van der Waals surface area contributed by atoms with Crippen LogP contribution in [-0.2, 0) is 4.79 Å². The SMILES string of the molecule is CC(C)C(N=C/C=C\c1ccccc1)C(=O)O. The van der Waals surface area contributed by atoms with E-state index in [-0.39, 0.29) is 5.92 Å². The van der Waals surface area contributed by atoms with E-state index in [9.17, 15) is 4.79 Å². The van der Waals surface area contributed by atoms with Crippen LogP contribution in [-0.4, -0.2) is 23.3 Å². The number of carbonyl (C=O) groups is 1. The zero-order chi connectivity index (χ0) is 12.7. The molecule has 0 amide bonds. The predicted octanol–water partition coefficient (Wildman–Crippen LogP) is 2.88. The second-order valence-electron chi connectivity index (χ2n) is 4.10. The topological polar surface area (TPSA) is 49.7 Å². The molecule has 1 N–H and O–H groups in total. The van der Waals surface area contributed by atoms with Gasteiger partial charge in [-0.3, -0.25) is 4.99 Å². The molecule has 0 fully saturated rings. The van der Waals surface area contributed by atoms with E-state index in [2.05, 4.69) is 4.99 Å². The number of allylic oxidation sites excluding steroid dienone is 1. The Labute approximate surface area is 102 Å². The highest BCUT2D eigenvalue weighted by molar-refractivity contribution is 5.82. The maximum atomic E-state index is 10.9. The van der Waals surface area contributed by atoms with E-state index in [1.54, 1.807) is 12.3 Å². The van der Waals surface area contributed by atoms with Crippen molar-refractivity contribution < 1.29 is 9.90 Å². The second-order valence-corrected chi connectivity index (χ2v) is 4.10. The first-order valence-electron chi connectivity index (χ1n) is 5.59. The average Bonchev–Trinajstić information content (AvgIpc) is 2.29. The monoisotopic (exact) mass is 231 g/mol. The van der Waals surface area contributed by atoms with Gasteiger partial charge in [-0.2, -0.15) is 0 Å². The van der Waals surface area contributed by atoms with Crippen LogP contribution in [0.15, 0.2) is 41.4 Å². The van der Waals surface area contributed by atoms with Gasteiger partial charge in [0.2, 0.25) is 0 Å². The molecule has 1 unspecified atom stereocenters. The van der Waals surface area contributed by atoms with Crippen molar-refractivity contribution in [2.45, 2.75) is 19.9 Å². The zero-order valence-corrected chi connectivity index (χ0v) is 10.1. The van der Waals surface area contributed by atoms with Crippen molar-refractivity contribution >= 4 is 18.3 Å². The molecule has 0 radical (unpaired) electrons. The first-order valence-corrected chi connectivity index (χ1v) is 5.59. The Morgan fingerprint density at radius 2 is 1.94 bits per heavy atom. The molecule has 17 heavy (non-hydrogen) atoms. The Balaban J connectivity index is 2.60. The largest absolute Gasteiger partial charge is 0.480 e. The molecule has 1 aromatic carbocycles. The first-order chi connectivity index (χ1) is 8.11. The minimum Gasteiger partial charge on any atom is -0.480 e. The van der Waals surface area contributed by atoms with Gasteiger partial charge in [0.25, 0.3) is 0 Å². The van der Waals surface area contributed by atoms with Crippen LogP contribution in [0.4, 0.5) is 0 Å². The molecule has 1 aromatic rings. The summed E-state index contributed by atoms with van der Waals surface area (Å²) in [6, 6.07) is 9.12. The zero-order valence-electron chi connectivity index (χ0n) is 10.1. The predicted molar refractivity (Wildman–Crippen MR) is 70.2 cm³/mol. The highest BCUT2D eigenvalue weighted by Crippen LogP contribution is 2.06. The smallest absolute Gasteiger partial charge is 0.328 e. The highest BCUT2D eigenvalue weighted by Gasteiger charge is 2.18. The van der Waals surface area contributed by atoms with Crippen LogP contribution in [0.1, 0.15) is 19.4 Å². The molecule has 90 valence electrons. The van der Waals surface area contributed by atoms with Gasteiger partial charge < -0.3 is 5.11 Å². The van der Waals surface area contributed by atoms with E-state index in [0.717, 1.165) is 5.56 Å². The lowest BCUT2D eigenvalue weighted by Crippen LogP contribution is -2.23. The Kier molecular flexibility index (Phi) is 5.14. The van der Waals surface area contributed by atoms with Crippen molar-refractivity contribution in [1.82, 2.24) is 0 Å². The summed E-state index contributed by atoms with van der Waals surface area (Å²) in [4.78, 5) is 14.9. The lowest BCUT2D eigenvalue weighted by molar-refractivity contribution is -0.139. The van der Waals surface area contributed by atoms with Crippen LogP contribution < -0.4 is 0 Å². The number of hydrogen-bond donors (Lipinski definition) is 1. The van der Waals surface area contributed by atoms with E-state index in [0.29, 0.717) is 0 Å². The quantitative estimate of drug-likeness (QED) is 0.792. The summed E-state index contributed by atoms with van der Waals surface area (Å²) in [6.45, 7) is 3.69. The van der Waals surface area contributed by atoms with Gasteiger partial charge in [0.1, 0.15) is 6.04 Å². The van der Waals surface area contributed by atoms with E-state index in [1.165, 1.54) is 0 Å². The Hall–Kier alpha value is -1.90. The Morgan fingerprint density at radius 1 is 1.29 bits per heavy atom. The van der Waals surface area contributed by atoms with E-state index < -0.39 is 12.0 Å². The second kappa shape index (κ2) is 6.63. The van der Waals surface area contributed by atoms with E-state index in [1.807, 2.05) is 50.3 Å². The number of benzene rings is 1. The molecule has 0 bridgehead atoms. The molecule has 3 nitrogen and oxygen atoms in total. The molecular formula is C14H17NO2. The fourth-order valence-electron chi connectivity index (χ4n) is 1.38. The van der Waals surface area contributed by atoms with Crippen molar-refractivity contribution in [3.63, 3.8) is 0 Å². The first kappa shape index (κ1) is 13.2. The molecule has 0 spiro atoms. The average molecular weight is 231 g/mol. The van der Waals surface area contributed by atoms with Gasteiger partial charge in [-0.05, 0) is 17.6 Å². The van der Waals surface area contributed by atoms with Crippen molar-refractivity contribution in [2.24, 2.45) is 10.9 Å². The van der Waals surface area contributed by atoms with Gasteiger partial charge in [-0.15, -0.1) is 0 Å². The molecule has 0 aliphatic heterocycles. The van der Waals surface area contributed by atoms with Crippen molar-refractivity contribution in [3.05, 3.63) is 42.0 Å². The number of aliphatic carboxylic acids is 1. The lowest BCUT2D eigenvalue weighted by atomic mass is 10.1. The van der Waals surface area contributed by atoms with Crippen molar-refractivity contribution in [3.8, 4) is 0 Å². The van der Waals surface area contributed by atoms with Gasteiger partial charge in [0.15, 0.2) is 0 Å². The van der Waals surface area contributed by atoms with Gasteiger partial charge in [0, 0.05) is 6.21 Å². The third-order valence-electron chi connectivity index (χ3n) is 2.31. The molecule has 3 heteroatoms. The van der Waals surface area contributed by atoms with Gasteiger partial charge in [-0.1, -0.05) is 50.3 Å². The molecule has 0 aliphatic carbocycles. The van der Waals surface area contributed by atoms with E-state index in [4.69, 9.17) is 5.11 Å². The summed E-state index contributed by atoms with van der Waals surface area (Å²) in [5.74, 6) is -0.891. The standard InChI is InChI=1S/C14H17NO2/c1-11(2)13(14(16)17)15-10-6-9-12-7-4-3-5-8-12/h3-11,13H,1-2H3,(H,16,17)/b9-6-,15-10?. The maximum Gasteiger partial charge on any atom is 0.328 e. The fourth-order valence-corrected chi connectivity index (χ4v) is 1.38. The van der Waals surface area contributed by atoms with Gasteiger partial charge in [0.05, 0.1) is 0 Å². The molecule has 0 aliphatic rings.